The summed E-state index contributed by atoms with van der Waals surface area (Å²) < 4.78 is 5.36. The van der Waals surface area contributed by atoms with E-state index >= 15 is 0 Å². The molecular weight excluding hydrogens is 376 g/mol. The largest absolute Gasteiger partial charge is 0.465 e. The van der Waals surface area contributed by atoms with E-state index in [0.717, 1.165) is 47.9 Å². The van der Waals surface area contributed by atoms with E-state index in [0.29, 0.717) is 24.0 Å². The number of esters is 1. The number of carbonyl (C=O) groups excluding carboxylic acids is 3. The lowest BCUT2D eigenvalue weighted by Crippen LogP contribution is -2.11. The molecule has 0 heterocycles. The number of ketones is 2. The highest BCUT2D eigenvalue weighted by molar-refractivity contribution is 5.99. The molecule has 1 aliphatic rings. The quantitative estimate of drug-likeness (QED) is 0.353. The summed E-state index contributed by atoms with van der Waals surface area (Å²) in [7, 11) is 0. The topological polar surface area (TPSA) is 60.4 Å². The molecule has 4 heteroatoms. The Morgan fingerprint density at radius 1 is 0.800 bits per heavy atom. The van der Waals surface area contributed by atoms with Crippen molar-refractivity contribution in [2.24, 2.45) is 0 Å². The van der Waals surface area contributed by atoms with Crippen LogP contribution >= 0.6 is 0 Å². The van der Waals surface area contributed by atoms with Crippen LogP contribution in [0.5, 0.6) is 0 Å². The van der Waals surface area contributed by atoms with Crippen molar-refractivity contribution in [3.8, 4) is 11.1 Å². The molecule has 30 heavy (non-hydrogen) atoms. The van der Waals surface area contributed by atoms with Crippen LogP contribution in [-0.2, 0) is 9.53 Å². The van der Waals surface area contributed by atoms with Crippen LogP contribution in [0.2, 0.25) is 0 Å². The van der Waals surface area contributed by atoms with Crippen LogP contribution < -0.4 is 0 Å². The molecule has 158 valence electrons. The summed E-state index contributed by atoms with van der Waals surface area (Å²) in [6, 6.07) is 11.6. The molecule has 3 rings (SSSR count). The molecule has 0 spiro atoms. The Morgan fingerprint density at radius 2 is 1.27 bits per heavy atom. The van der Waals surface area contributed by atoms with E-state index in [1.54, 1.807) is 0 Å². The van der Waals surface area contributed by atoms with Gasteiger partial charge in [-0.1, -0.05) is 51.0 Å². The fourth-order valence-corrected chi connectivity index (χ4v) is 4.05. The van der Waals surface area contributed by atoms with E-state index in [4.69, 9.17) is 4.74 Å². The van der Waals surface area contributed by atoms with Crippen molar-refractivity contribution in [1.82, 2.24) is 0 Å². The summed E-state index contributed by atoms with van der Waals surface area (Å²) in [5, 5.41) is 0. The number of benzene rings is 2. The van der Waals surface area contributed by atoms with Gasteiger partial charge in [-0.25, -0.2) is 0 Å². The van der Waals surface area contributed by atoms with E-state index in [1.807, 2.05) is 36.4 Å². The van der Waals surface area contributed by atoms with E-state index in [9.17, 15) is 14.4 Å². The van der Waals surface area contributed by atoms with Gasteiger partial charge < -0.3 is 4.74 Å². The third-order valence-electron chi connectivity index (χ3n) is 5.76. The average molecular weight is 407 g/mol. The molecule has 0 saturated carbocycles. The minimum atomic E-state index is -0.338. The minimum absolute atomic E-state index is 0.136. The third-order valence-corrected chi connectivity index (χ3v) is 5.76. The van der Waals surface area contributed by atoms with E-state index in [-0.39, 0.29) is 30.1 Å². The maximum Gasteiger partial charge on any atom is 0.302 e. The zero-order chi connectivity index (χ0) is 21.7. The Labute approximate surface area is 178 Å². The highest BCUT2D eigenvalue weighted by atomic mass is 16.5. The van der Waals surface area contributed by atoms with Gasteiger partial charge in [-0.05, 0) is 47.2 Å². The van der Waals surface area contributed by atoms with Gasteiger partial charge in [0.2, 0.25) is 0 Å². The summed E-state index contributed by atoms with van der Waals surface area (Å²) in [5.41, 5.74) is 5.46. The van der Waals surface area contributed by atoms with Crippen LogP contribution in [0.3, 0.4) is 0 Å². The Hall–Kier alpha value is -2.75. The van der Waals surface area contributed by atoms with Crippen molar-refractivity contribution in [3.63, 3.8) is 0 Å². The molecule has 0 N–H and O–H groups in total. The molecular formula is C26H30O4. The molecule has 0 aliphatic heterocycles. The van der Waals surface area contributed by atoms with E-state index in [1.165, 1.54) is 6.92 Å². The summed E-state index contributed by atoms with van der Waals surface area (Å²) in [5.74, 6) is -0.235. The van der Waals surface area contributed by atoms with Crippen LogP contribution in [0.15, 0.2) is 36.4 Å². The van der Waals surface area contributed by atoms with Crippen molar-refractivity contribution in [2.45, 2.75) is 65.2 Å². The summed E-state index contributed by atoms with van der Waals surface area (Å²) in [4.78, 5) is 36.6. The van der Waals surface area contributed by atoms with Gasteiger partial charge in [0.1, 0.15) is 6.61 Å². The van der Waals surface area contributed by atoms with Gasteiger partial charge in [0.05, 0.1) is 0 Å². The molecule has 0 amide bonds. The Bertz CT molecular complexity index is 888. The lowest BCUT2D eigenvalue weighted by molar-refractivity contribution is -0.141. The van der Waals surface area contributed by atoms with Crippen LogP contribution in [0, 0.1) is 0 Å². The number of rotatable bonds is 10. The summed E-state index contributed by atoms with van der Waals surface area (Å²) in [6.07, 6.45) is 4.77. The van der Waals surface area contributed by atoms with Crippen molar-refractivity contribution < 1.29 is 19.1 Å². The zero-order valence-electron chi connectivity index (χ0n) is 18.1. The second-order valence-electron chi connectivity index (χ2n) is 8.01. The Balaban J connectivity index is 1.98. The highest BCUT2D eigenvalue weighted by Crippen LogP contribution is 2.46. The van der Waals surface area contributed by atoms with Gasteiger partial charge in [0, 0.05) is 36.8 Å². The van der Waals surface area contributed by atoms with E-state index in [2.05, 4.69) is 13.8 Å². The lowest BCUT2D eigenvalue weighted by atomic mass is 9.93. The number of fused-ring (bicyclic) bond motifs is 3. The molecule has 1 aliphatic carbocycles. The van der Waals surface area contributed by atoms with Gasteiger partial charge >= 0.3 is 5.97 Å². The highest BCUT2D eigenvalue weighted by Gasteiger charge is 2.31. The molecule has 0 saturated heterocycles. The number of Topliss-reactive ketones (excluding diaryl/α,β-unsaturated/α-hetero) is 2. The molecule has 0 aromatic heterocycles. The molecule has 0 fully saturated rings. The molecule has 2 aromatic rings. The van der Waals surface area contributed by atoms with Crippen molar-refractivity contribution in [2.75, 3.05) is 6.61 Å². The fraction of sp³-hybridized carbons (Fsp3) is 0.423. The van der Waals surface area contributed by atoms with Gasteiger partial charge in [0.25, 0.3) is 0 Å². The summed E-state index contributed by atoms with van der Waals surface area (Å²) in [6.45, 7) is 5.74. The first-order valence-corrected chi connectivity index (χ1v) is 10.9. The Kier molecular flexibility index (Phi) is 7.20. The second kappa shape index (κ2) is 9.84. The number of carbonyl (C=O) groups is 3. The number of ether oxygens (including phenoxy) is 1. The smallest absolute Gasteiger partial charge is 0.302 e. The maximum absolute atomic E-state index is 12.6. The van der Waals surface area contributed by atoms with E-state index < -0.39 is 0 Å². The normalized spacial score (nSPS) is 12.4. The first kappa shape index (κ1) is 21.9. The Morgan fingerprint density at radius 3 is 1.67 bits per heavy atom. The lowest BCUT2D eigenvalue weighted by Gasteiger charge is -2.15. The van der Waals surface area contributed by atoms with Gasteiger partial charge in [-0.15, -0.1) is 0 Å². The molecule has 0 unspecified atom stereocenters. The maximum atomic E-state index is 12.6. The number of hydrogen-bond acceptors (Lipinski definition) is 4. The van der Waals surface area contributed by atoms with Crippen molar-refractivity contribution in [1.29, 1.82) is 0 Å². The third kappa shape index (κ3) is 4.69. The molecule has 2 aromatic carbocycles. The SMILES string of the molecule is CCCCC(=O)c1ccc2c(c1)C(COC(C)=O)c1cc(C(=O)CCCC)ccc1-2. The van der Waals surface area contributed by atoms with Gasteiger partial charge in [0.15, 0.2) is 11.6 Å². The van der Waals surface area contributed by atoms with Gasteiger partial charge in [-0.2, -0.15) is 0 Å². The van der Waals surface area contributed by atoms with Crippen LogP contribution in [-0.4, -0.2) is 24.1 Å². The van der Waals surface area contributed by atoms with Gasteiger partial charge in [-0.3, -0.25) is 14.4 Å². The first-order chi connectivity index (χ1) is 14.5. The van der Waals surface area contributed by atoms with Crippen LogP contribution in [0.1, 0.15) is 97.1 Å². The molecule has 4 nitrogen and oxygen atoms in total. The predicted octanol–water partition coefficient (Wildman–Crippen LogP) is 6.11. The predicted molar refractivity (Wildman–Crippen MR) is 118 cm³/mol. The average Bonchev–Trinajstić information content (AvgIpc) is 3.06. The standard InChI is InChI=1S/C26H30O4/c1-4-6-8-25(28)18-10-12-20-21-13-11-19(26(29)9-7-5-2)15-23(21)24(22(20)14-18)16-30-17(3)27/h10-15,24H,4-9,16H2,1-3H3. The molecule has 0 atom stereocenters. The zero-order valence-corrected chi connectivity index (χ0v) is 18.1. The van der Waals surface area contributed by atoms with Crippen molar-refractivity contribution in [3.05, 3.63) is 58.7 Å². The first-order valence-electron chi connectivity index (χ1n) is 10.9. The molecule has 0 radical (unpaired) electrons. The minimum Gasteiger partial charge on any atom is -0.465 e. The van der Waals surface area contributed by atoms with Crippen LogP contribution in [0.25, 0.3) is 11.1 Å². The second-order valence-corrected chi connectivity index (χ2v) is 8.01. The van der Waals surface area contributed by atoms with Crippen LogP contribution in [0.4, 0.5) is 0 Å². The molecule has 0 bridgehead atoms. The van der Waals surface area contributed by atoms with Crippen molar-refractivity contribution >= 4 is 17.5 Å². The fourth-order valence-electron chi connectivity index (χ4n) is 4.05. The summed E-state index contributed by atoms with van der Waals surface area (Å²) >= 11 is 0. The monoisotopic (exact) mass is 406 g/mol. The number of hydrogen-bond donors (Lipinski definition) is 0. The number of unbranched alkanes of at least 4 members (excludes halogenated alkanes) is 2.